The lowest BCUT2D eigenvalue weighted by Crippen LogP contribution is -2.47. The van der Waals surface area contributed by atoms with Gasteiger partial charge in [-0.1, -0.05) is 13.8 Å². The van der Waals surface area contributed by atoms with Crippen molar-refractivity contribution in [1.82, 2.24) is 14.6 Å². The summed E-state index contributed by atoms with van der Waals surface area (Å²) < 4.78 is 56.4. The van der Waals surface area contributed by atoms with Crippen molar-refractivity contribution < 1.29 is 27.5 Å². The summed E-state index contributed by atoms with van der Waals surface area (Å²) in [6, 6.07) is 0. The minimum atomic E-state index is -4.23. The Hall–Kier alpha value is -2.39. The van der Waals surface area contributed by atoms with Gasteiger partial charge in [-0.15, -0.1) is 0 Å². The van der Waals surface area contributed by atoms with Crippen molar-refractivity contribution in [2.45, 2.75) is 84.2 Å². The van der Waals surface area contributed by atoms with Crippen LogP contribution >= 0.6 is 0 Å². The van der Waals surface area contributed by atoms with Crippen LogP contribution in [0.25, 0.3) is 5.65 Å². The number of aliphatic carboxylic acids is 1. The molecule has 0 bridgehead atoms. The highest BCUT2D eigenvalue weighted by Gasteiger charge is 2.43. The molecule has 2 fully saturated rings. The number of hydrogen-bond donors (Lipinski definition) is 1. The van der Waals surface area contributed by atoms with E-state index in [2.05, 4.69) is 10.1 Å². The van der Waals surface area contributed by atoms with Gasteiger partial charge >= 0.3 is 12.1 Å². The van der Waals surface area contributed by atoms with Gasteiger partial charge in [-0.2, -0.15) is 22.8 Å². The molecule has 6 nitrogen and oxygen atoms in total. The van der Waals surface area contributed by atoms with E-state index in [0.717, 1.165) is 5.56 Å². The van der Waals surface area contributed by atoms with Crippen LogP contribution in [-0.4, -0.2) is 44.9 Å². The van der Waals surface area contributed by atoms with Crippen LogP contribution in [0.5, 0.6) is 0 Å². The summed E-state index contributed by atoms with van der Waals surface area (Å²) in [5, 5.41) is 14.4. The van der Waals surface area contributed by atoms with Crippen LogP contribution in [0.1, 0.15) is 88.1 Å². The quantitative estimate of drug-likeness (QED) is 0.553. The number of rotatable bonds is 4. The first-order valence-electron chi connectivity index (χ1n) is 12.0. The molecule has 0 unspecified atom stereocenters. The number of carboxylic acid groups (broad SMARTS) is 1. The van der Waals surface area contributed by atoms with Gasteiger partial charge in [0.1, 0.15) is 11.5 Å². The van der Waals surface area contributed by atoms with E-state index < -0.39 is 35.2 Å². The number of carboxylic acids is 1. The number of fused-ring (bicyclic) bond motifs is 1. The Bertz CT molecular complexity index is 1090. The Kier molecular flexibility index (Phi) is 6.31. The van der Waals surface area contributed by atoms with Crippen molar-refractivity contribution in [3.05, 3.63) is 22.8 Å². The van der Waals surface area contributed by atoms with Crippen LogP contribution < -0.4 is 4.90 Å². The third kappa shape index (κ3) is 4.24. The van der Waals surface area contributed by atoms with Crippen molar-refractivity contribution in [2.75, 3.05) is 18.0 Å². The molecule has 2 aromatic rings. The summed E-state index contributed by atoms with van der Waals surface area (Å²) in [5.74, 6) is -2.55. The van der Waals surface area contributed by atoms with Gasteiger partial charge in [0.2, 0.25) is 0 Å². The number of alkyl halides is 3. The predicted molar refractivity (Wildman–Crippen MR) is 120 cm³/mol. The van der Waals surface area contributed by atoms with E-state index in [4.69, 9.17) is 0 Å². The smallest absolute Gasteiger partial charge is 0.391 e. The van der Waals surface area contributed by atoms with Crippen molar-refractivity contribution in [2.24, 2.45) is 11.3 Å². The number of carbonyl (C=O) groups is 1. The molecule has 1 saturated carbocycles. The number of anilines is 1. The monoisotopic (exact) mass is 484 g/mol. The molecule has 10 heteroatoms. The van der Waals surface area contributed by atoms with Crippen LogP contribution in [-0.2, 0) is 4.79 Å². The molecular weight excluding hydrogens is 452 g/mol. The van der Waals surface area contributed by atoms with E-state index >= 15 is 4.39 Å². The van der Waals surface area contributed by atoms with Gasteiger partial charge in [0, 0.05) is 30.3 Å². The second kappa shape index (κ2) is 8.68. The van der Waals surface area contributed by atoms with E-state index in [1.807, 2.05) is 18.7 Å². The van der Waals surface area contributed by atoms with E-state index in [-0.39, 0.29) is 49.5 Å². The number of halogens is 4. The third-order valence-corrected chi connectivity index (χ3v) is 7.60. The number of aryl methyl sites for hydroxylation is 1. The summed E-state index contributed by atoms with van der Waals surface area (Å²) in [5.41, 5.74) is 0.781. The van der Waals surface area contributed by atoms with Crippen molar-refractivity contribution in [3.8, 4) is 0 Å². The Morgan fingerprint density at radius 2 is 1.85 bits per heavy atom. The molecule has 2 aromatic heterocycles. The van der Waals surface area contributed by atoms with Crippen LogP contribution in [0.15, 0.2) is 0 Å². The Labute approximate surface area is 196 Å². The van der Waals surface area contributed by atoms with Gasteiger partial charge in [-0.05, 0) is 58.3 Å². The second-order valence-corrected chi connectivity index (χ2v) is 10.5. The maximum absolute atomic E-state index is 15.6. The molecule has 188 valence electrons. The first-order valence-corrected chi connectivity index (χ1v) is 12.0. The maximum atomic E-state index is 15.6. The zero-order valence-corrected chi connectivity index (χ0v) is 20.0. The number of piperidine rings is 1. The minimum Gasteiger partial charge on any atom is -0.481 e. The van der Waals surface area contributed by atoms with Gasteiger partial charge in [0.25, 0.3) is 0 Å². The molecule has 1 N–H and O–H groups in total. The lowest BCUT2D eigenvalue weighted by atomic mass is 9.80. The molecule has 0 spiro atoms. The van der Waals surface area contributed by atoms with Gasteiger partial charge < -0.3 is 10.0 Å². The van der Waals surface area contributed by atoms with E-state index in [9.17, 15) is 23.1 Å². The Balaban J connectivity index is 1.79. The lowest BCUT2D eigenvalue weighted by Gasteiger charge is -2.40. The number of nitrogens with zero attached hydrogens (tertiary/aromatic N) is 4. The van der Waals surface area contributed by atoms with Crippen molar-refractivity contribution >= 4 is 17.4 Å². The van der Waals surface area contributed by atoms with Gasteiger partial charge in [-0.3, -0.25) is 4.79 Å². The van der Waals surface area contributed by atoms with Crippen molar-refractivity contribution in [3.63, 3.8) is 0 Å². The van der Waals surface area contributed by atoms with Crippen LogP contribution in [0, 0.1) is 24.1 Å². The average molecular weight is 485 g/mol. The molecule has 34 heavy (non-hydrogen) atoms. The van der Waals surface area contributed by atoms with Crippen LogP contribution in [0.3, 0.4) is 0 Å². The van der Waals surface area contributed by atoms with Gasteiger partial charge in [-0.25, -0.2) is 9.37 Å². The molecule has 1 saturated heterocycles. The maximum Gasteiger partial charge on any atom is 0.391 e. The first-order chi connectivity index (χ1) is 15.8. The fraction of sp³-hybridized carbons (Fsp3) is 0.708. The zero-order chi connectivity index (χ0) is 25.0. The normalized spacial score (nSPS) is 26.4. The van der Waals surface area contributed by atoms with Gasteiger partial charge in [0.05, 0.1) is 11.3 Å². The summed E-state index contributed by atoms with van der Waals surface area (Å²) >= 11 is 0. The Morgan fingerprint density at radius 3 is 2.41 bits per heavy atom. The van der Waals surface area contributed by atoms with Crippen molar-refractivity contribution in [1.29, 1.82) is 0 Å². The topological polar surface area (TPSA) is 70.7 Å². The van der Waals surface area contributed by atoms with Crippen LogP contribution in [0.4, 0.5) is 23.4 Å². The predicted octanol–water partition coefficient (Wildman–Crippen LogP) is 5.83. The molecule has 0 aromatic carbocycles. The zero-order valence-electron chi connectivity index (χ0n) is 20.0. The SMILES string of the molecule is Cc1nc2c(F)c([C@H]3CC[C@H](C(F)(F)F)CC3)nn2c(N2CCC[C@@](C)(C(=O)O)C2)c1C(C)C. The van der Waals surface area contributed by atoms with E-state index in [1.54, 1.807) is 13.8 Å². The molecule has 2 aliphatic rings. The highest BCUT2D eigenvalue weighted by atomic mass is 19.4. The van der Waals surface area contributed by atoms with E-state index in [1.165, 1.54) is 4.52 Å². The fourth-order valence-electron chi connectivity index (χ4n) is 5.68. The van der Waals surface area contributed by atoms with Gasteiger partial charge in [0.15, 0.2) is 11.5 Å². The first kappa shape index (κ1) is 24.7. The fourth-order valence-corrected chi connectivity index (χ4v) is 5.68. The largest absolute Gasteiger partial charge is 0.481 e. The number of hydrogen-bond acceptors (Lipinski definition) is 4. The standard InChI is InChI=1S/C24H32F4N4O2/c1-13(2)17-14(3)29-20-18(25)19(15-6-8-16(9-7-15)24(26,27)28)30-32(20)21(17)31-11-5-10-23(4,12-31)22(33)34/h13,15-16H,5-12H2,1-4H3,(H,33,34)/t15-,16-,23-/m1/s1. The highest BCUT2D eigenvalue weighted by molar-refractivity contribution is 5.75. The summed E-state index contributed by atoms with van der Waals surface area (Å²) in [6.07, 6.45) is -2.66. The second-order valence-electron chi connectivity index (χ2n) is 10.5. The molecule has 1 atom stereocenters. The summed E-state index contributed by atoms with van der Waals surface area (Å²) in [4.78, 5) is 18.4. The van der Waals surface area contributed by atoms with Crippen LogP contribution in [0.2, 0.25) is 0 Å². The van der Waals surface area contributed by atoms with E-state index in [0.29, 0.717) is 30.9 Å². The Morgan fingerprint density at radius 1 is 1.21 bits per heavy atom. The molecule has 0 radical (unpaired) electrons. The molecular formula is C24H32F4N4O2. The average Bonchev–Trinajstić information content (AvgIpc) is 3.08. The minimum absolute atomic E-state index is 0.0304. The number of aromatic nitrogens is 3. The summed E-state index contributed by atoms with van der Waals surface area (Å²) in [7, 11) is 0. The molecule has 0 amide bonds. The third-order valence-electron chi connectivity index (χ3n) is 7.60. The summed E-state index contributed by atoms with van der Waals surface area (Å²) in [6.45, 7) is 8.39. The highest BCUT2D eigenvalue weighted by Crippen LogP contribution is 2.44. The molecule has 1 aliphatic heterocycles. The molecule has 4 rings (SSSR count). The molecule has 3 heterocycles. The lowest BCUT2D eigenvalue weighted by molar-refractivity contribution is -0.182. The molecule has 1 aliphatic carbocycles.